The van der Waals surface area contributed by atoms with Gasteiger partial charge in [0, 0.05) is 6.54 Å². The summed E-state index contributed by atoms with van der Waals surface area (Å²) in [4.78, 5) is 12.4. The van der Waals surface area contributed by atoms with Crippen LogP contribution < -0.4 is 4.74 Å². The second-order valence-electron chi connectivity index (χ2n) is 3.77. The fourth-order valence-electron chi connectivity index (χ4n) is 1.24. The van der Waals surface area contributed by atoms with Gasteiger partial charge in [0.1, 0.15) is 18.4 Å². The molecule has 0 bridgehead atoms. The zero-order valence-electron chi connectivity index (χ0n) is 9.89. The molecular weight excluding hydrogens is 242 g/mol. The van der Waals surface area contributed by atoms with Crippen molar-refractivity contribution < 1.29 is 14.6 Å². The smallest absolute Gasteiger partial charge is 0.320 e. The van der Waals surface area contributed by atoms with Gasteiger partial charge in [0.2, 0.25) is 0 Å². The third kappa shape index (κ3) is 4.24. The second-order valence-corrected chi connectivity index (χ2v) is 4.18. The lowest BCUT2D eigenvalue weighted by Gasteiger charge is -2.21. The van der Waals surface area contributed by atoms with Gasteiger partial charge in [-0.2, -0.15) is 0 Å². The highest BCUT2D eigenvalue weighted by Crippen LogP contribution is 2.22. The number of rotatable bonds is 6. The Hall–Kier alpha value is -1.26. The number of hydrogen-bond donors (Lipinski definition) is 1. The Balaban J connectivity index is 2.38. The highest BCUT2D eigenvalue weighted by Gasteiger charge is 2.16. The Kier molecular flexibility index (Phi) is 5.25. The predicted octanol–water partition coefficient (Wildman–Crippen LogP) is 2.12. The van der Waals surface area contributed by atoms with E-state index in [0.29, 0.717) is 23.9 Å². The normalized spacial score (nSPS) is 12.5. The highest BCUT2D eigenvalue weighted by atomic mass is 35.5. The number of para-hydroxylation sites is 1. The molecule has 0 radical (unpaired) electrons. The molecule has 4 nitrogen and oxygen atoms in total. The number of ether oxygens (including phenoxy) is 1. The van der Waals surface area contributed by atoms with Crippen molar-refractivity contribution in [3.05, 3.63) is 29.3 Å². The van der Waals surface area contributed by atoms with Crippen LogP contribution in [0.3, 0.4) is 0 Å². The summed E-state index contributed by atoms with van der Waals surface area (Å²) >= 11 is 5.92. The zero-order valence-corrected chi connectivity index (χ0v) is 10.6. The van der Waals surface area contributed by atoms with Gasteiger partial charge >= 0.3 is 5.97 Å². The molecule has 0 spiro atoms. The third-order valence-corrected chi connectivity index (χ3v) is 2.87. The minimum atomic E-state index is -0.842. The molecule has 1 aromatic rings. The SMILES string of the molecule is CC(C(=O)O)N(C)CCOc1ccccc1Cl. The van der Waals surface area contributed by atoms with Crippen LogP contribution in [0.1, 0.15) is 6.92 Å². The monoisotopic (exact) mass is 257 g/mol. The Morgan fingerprint density at radius 2 is 2.18 bits per heavy atom. The molecule has 1 unspecified atom stereocenters. The number of carbonyl (C=O) groups is 1. The molecule has 0 aliphatic carbocycles. The molecule has 0 saturated carbocycles. The number of halogens is 1. The van der Waals surface area contributed by atoms with Gasteiger partial charge in [0.15, 0.2) is 0 Å². The van der Waals surface area contributed by atoms with Crippen LogP contribution >= 0.6 is 11.6 Å². The molecule has 0 saturated heterocycles. The molecule has 17 heavy (non-hydrogen) atoms. The second kappa shape index (κ2) is 6.47. The van der Waals surface area contributed by atoms with Gasteiger partial charge in [-0.15, -0.1) is 0 Å². The minimum Gasteiger partial charge on any atom is -0.491 e. The van der Waals surface area contributed by atoms with Gasteiger partial charge in [-0.05, 0) is 26.1 Å². The van der Waals surface area contributed by atoms with Crippen molar-refractivity contribution in [3.63, 3.8) is 0 Å². The molecule has 5 heteroatoms. The van der Waals surface area contributed by atoms with E-state index in [0.717, 1.165) is 0 Å². The van der Waals surface area contributed by atoms with Crippen LogP contribution in [0.2, 0.25) is 5.02 Å². The lowest BCUT2D eigenvalue weighted by molar-refractivity contribution is -0.142. The Morgan fingerprint density at radius 3 is 2.76 bits per heavy atom. The summed E-state index contributed by atoms with van der Waals surface area (Å²) in [5, 5.41) is 9.37. The van der Waals surface area contributed by atoms with Gasteiger partial charge in [-0.1, -0.05) is 23.7 Å². The Morgan fingerprint density at radius 1 is 1.53 bits per heavy atom. The minimum absolute atomic E-state index is 0.401. The van der Waals surface area contributed by atoms with Crippen molar-refractivity contribution in [2.75, 3.05) is 20.2 Å². The predicted molar refractivity (Wildman–Crippen MR) is 66.7 cm³/mol. The molecule has 0 heterocycles. The van der Waals surface area contributed by atoms with Gasteiger partial charge in [0.05, 0.1) is 5.02 Å². The van der Waals surface area contributed by atoms with E-state index in [9.17, 15) is 4.79 Å². The standard InChI is InChI=1S/C12H16ClNO3/c1-9(12(15)16)14(2)7-8-17-11-6-4-3-5-10(11)13/h3-6,9H,7-8H2,1-2H3,(H,15,16). The summed E-state index contributed by atoms with van der Waals surface area (Å²) in [5.41, 5.74) is 0. The quantitative estimate of drug-likeness (QED) is 0.848. The summed E-state index contributed by atoms with van der Waals surface area (Å²) in [6, 6.07) is 6.67. The van der Waals surface area contributed by atoms with E-state index in [1.807, 2.05) is 12.1 Å². The fourth-order valence-corrected chi connectivity index (χ4v) is 1.43. The first-order valence-electron chi connectivity index (χ1n) is 5.32. The molecule has 0 aliphatic rings. The molecule has 1 N–H and O–H groups in total. The number of likely N-dealkylation sites (N-methyl/N-ethyl adjacent to an activating group) is 1. The number of nitrogens with zero attached hydrogens (tertiary/aromatic N) is 1. The molecule has 1 atom stereocenters. The zero-order chi connectivity index (χ0) is 12.8. The van der Waals surface area contributed by atoms with Gasteiger partial charge in [-0.3, -0.25) is 9.69 Å². The first-order chi connectivity index (χ1) is 8.02. The lowest BCUT2D eigenvalue weighted by atomic mass is 10.3. The van der Waals surface area contributed by atoms with Crippen LogP contribution in [0.4, 0.5) is 0 Å². The first kappa shape index (κ1) is 13.8. The third-order valence-electron chi connectivity index (χ3n) is 2.56. The number of hydrogen-bond acceptors (Lipinski definition) is 3. The van der Waals surface area contributed by atoms with E-state index in [1.165, 1.54) is 0 Å². The molecular formula is C12H16ClNO3. The van der Waals surface area contributed by atoms with E-state index in [1.54, 1.807) is 31.0 Å². The van der Waals surface area contributed by atoms with Crippen molar-refractivity contribution in [2.24, 2.45) is 0 Å². The average molecular weight is 258 g/mol. The molecule has 0 aliphatic heterocycles. The van der Waals surface area contributed by atoms with E-state index in [4.69, 9.17) is 21.4 Å². The number of aliphatic carboxylic acids is 1. The molecule has 0 amide bonds. The summed E-state index contributed by atoms with van der Waals surface area (Å²) in [6.45, 7) is 2.56. The van der Waals surface area contributed by atoms with Crippen LogP contribution in [0, 0.1) is 0 Å². The summed E-state index contributed by atoms with van der Waals surface area (Å²) in [7, 11) is 1.74. The molecule has 0 fully saturated rings. The van der Waals surface area contributed by atoms with E-state index < -0.39 is 12.0 Å². The number of benzene rings is 1. The molecule has 1 aromatic carbocycles. The molecule has 1 rings (SSSR count). The van der Waals surface area contributed by atoms with Crippen LogP contribution in [0.15, 0.2) is 24.3 Å². The average Bonchev–Trinajstić information content (AvgIpc) is 2.30. The van der Waals surface area contributed by atoms with Gasteiger partial charge < -0.3 is 9.84 Å². The Bertz CT molecular complexity index is 384. The van der Waals surface area contributed by atoms with Crippen molar-refractivity contribution >= 4 is 17.6 Å². The summed E-state index contributed by atoms with van der Waals surface area (Å²) < 4.78 is 5.47. The first-order valence-corrected chi connectivity index (χ1v) is 5.70. The maximum atomic E-state index is 10.7. The van der Waals surface area contributed by atoms with Crippen LogP contribution in [-0.4, -0.2) is 42.2 Å². The van der Waals surface area contributed by atoms with Crippen molar-refractivity contribution in [2.45, 2.75) is 13.0 Å². The van der Waals surface area contributed by atoms with Crippen molar-refractivity contribution in [1.29, 1.82) is 0 Å². The number of carboxylic acid groups (broad SMARTS) is 1. The molecule has 0 aromatic heterocycles. The molecule has 94 valence electrons. The van der Waals surface area contributed by atoms with E-state index >= 15 is 0 Å². The maximum absolute atomic E-state index is 10.7. The highest BCUT2D eigenvalue weighted by molar-refractivity contribution is 6.32. The van der Waals surface area contributed by atoms with Crippen molar-refractivity contribution in [3.8, 4) is 5.75 Å². The van der Waals surface area contributed by atoms with Crippen LogP contribution in [0.5, 0.6) is 5.75 Å². The Labute approximate surface area is 106 Å². The number of carboxylic acids is 1. The maximum Gasteiger partial charge on any atom is 0.320 e. The van der Waals surface area contributed by atoms with Gasteiger partial charge in [0.25, 0.3) is 0 Å². The fraction of sp³-hybridized carbons (Fsp3) is 0.417. The van der Waals surface area contributed by atoms with Crippen LogP contribution in [0.25, 0.3) is 0 Å². The van der Waals surface area contributed by atoms with E-state index in [2.05, 4.69) is 0 Å². The lowest BCUT2D eigenvalue weighted by Crippen LogP contribution is -2.38. The van der Waals surface area contributed by atoms with Gasteiger partial charge in [-0.25, -0.2) is 0 Å². The van der Waals surface area contributed by atoms with Crippen molar-refractivity contribution in [1.82, 2.24) is 4.90 Å². The van der Waals surface area contributed by atoms with E-state index in [-0.39, 0.29) is 0 Å². The van der Waals surface area contributed by atoms with Crippen LogP contribution in [-0.2, 0) is 4.79 Å². The topological polar surface area (TPSA) is 49.8 Å². The summed E-state index contributed by atoms with van der Waals surface area (Å²) in [6.07, 6.45) is 0. The summed E-state index contributed by atoms with van der Waals surface area (Å²) in [5.74, 6) is -0.226. The largest absolute Gasteiger partial charge is 0.491 e.